The second-order valence-corrected chi connectivity index (χ2v) is 4.78. The molecule has 98 valence electrons. The van der Waals surface area contributed by atoms with E-state index in [-0.39, 0.29) is 11.7 Å². The molecule has 1 fully saturated rings. The van der Waals surface area contributed by atoms with E-state index in [0.717, 1.165) is 18.4 Å². The molecule has 1 saturated carbocycles. The fourth-order valence-electron chi connectivity index (χ4n) is 2.32. The van der Waals surface area contributed by atoms with E-state index < -0.39 is 0 Å². The molecule has 1 aromatic carbocycles. The Labute approximate surface area is 107 Å². The lowest BCUT2D eigenvalue weighted by atomic mass is 10.2. The number of phenolic OH excluding ortho intramolecular Hbond substituents is 1. The Kier molecular flexibility index (Phi) is 4.59. The first kappa shape index (κ1) is 12.9. The van der Waals surface area contributed by atoms with Gasteiger partial charge in [-0.05, 0) is 18.9 Å². The topological polar surface area (TPSA) is 61.4 Å². The molecule has 4 nitrogen and oxygen atoms in total. The second-order valence-electron chi connectivity index (χ2n) is 4.78. The molecule has 0 radical (unpaired) electrons. The molecule has 3 N–H and O–H groups in total. The highest BCUT2D eigenvalue weighted by molar-refractivity contribution is 5.78. The zero-order valence-electron chi connectivity index (χ0n) is 10.5. The highest BCUT2D eigenvalue weighted by atomic mass is 16.3. The van der Waals surface area contributed by atoms with E-state index in [0.29, 0.717) is 19.1 Å². The number of hydrogen-bond donors (Lipinski definition) is 3. The van der Waals surface area contributed by atoms with E-state index in [9.17, 15) is 9.90 Å². The highest BCUT2D eigenvalue weighted by Crippen LogP contribution is 2.17. The van der Waals surface area contributed by atoms with E-state index in [4.69, 9.17) is 0 Å². The molecule has 1 aromatic rings. The Morgan fingerprint density at radius 1 is 1.28 bits per heavy atom. The molecule has 1 amide bonds. The van der Waals surface area contributed by atoms with E-state index in [2.05, 4.69) is 10.6 Å². The molecule has 1 aliphatic carbocycles. The number of carbonyl (C=O) groups excluding carboxylic acids is 1. The maximum absolute atomic E-state index is 11.6. The van der Waals surface area contributed by atoms with Crippen LogP contribution in [0.5, 0.6) is 5.75 Å². The minimum absolute atomic E-state index is 0.0392. The second kappa shape index (κ2) is 6.40. The van der Waals surface area contributed by atoms with Crippen LogP contribution in [0.15, 0.2) is 24.3 Å². The molecule has 0 saturated heterocycles. The Morgan fingerprint density at radius 3 is 2.72 bits per heavy atom. The van der Waals surface area contributed by atoms with Crippen molar-refractivity contribution in [1.29, 1.82) is 0 Å². The number of para-hydroxylation sites is 1. The van der Waals surface area contributed by atoms with Crippen molar-refractivity contribution in [2.45, 2.75) is 38.3 Å². The summed E-state index contributed by atoms with van der Waals surface area (Å²) in [5, 5.41) is 15.6. The van der Waals surface area contributed by atoms with Crippen molar-refractivity contribution in [3.63, 3.8) is 0 Å². The molecule has 0 heterocycles. The van der Waals surface area contributed by atoms with Gasteiger partial charge in [-0.2, -0.15) is 0 Å². The fourth-order valence-corrected chi connectivity index (χ4v) is 2.32. The van der Waals surface area contributed by atoms with Crippen molar-refractivity contribution in [2.24, 2.45) is 0 Å². The van der Waals surface area contributed by atoms with Crippen molar-refractivity contribution < 1.29 is 9.90 Å². The lowest BCUT2D eigenvalue weighted by Gasteiger charge is -2.12. The molecule has 2 rings (SSSR count). The van der Waals surface area contributed by atoms with Crippen molar-refractivity contribution >= 4 is 5.91 Å². The smallest absolute Gasteiger partial charge is 0.234 e. The highest BCUT2D eigenvalue weighted by Gasteiger charge is 2.16. The first-order valence-corrected chi connectivity index (χ1v) is 6.52. The summed E-state index contributed by atoms with van der Waals surface area (Å²) in [5.41, 5.74) is 0.811. The van der Waals surface area contributed by atoms with Crippen LogP contribution in [0.3, 0.4) is 0 Å². The van der Waals surface area contributed by atoms with Gasteiger partial charge in [0.05, 0.1) is 6.54 Å². The lowest BCUT2D eigenvalue weighted by Crippen LogP contribution is -2.38. The van der Waals surface area contributed by atoms with Crippen LogP contribution < -0.4 is 10.6 Å². The average Bonchev–Trinajstić information content (AvgIpc) is 2.84. The third-order valence-corrected chi connectivity index (χ3v) is 3.31. The summed E-state index contributed by atoms with van der Waals surface area (Å²) >= 11 is 0. The van der Waals surface area contributed by atoms with Gasteiger partial charge < -0.3 is 15.7 Å². The first-order chi connectivity index (χ1) is 8.75. The van der Waals surface area contributed by atoms with Crippen molar-refractivity contribution in [3.05, 3.63) is 29.8 Å². The Bertz CT molecular complexity index is 401. The van der Waals surface area contributed by atoms with Crippen LogP contribution in [0.25, 0.3) is 0 Å². The van der Waals surface area contributed by atoms with Gasteiger partial charge in [0.25, 0.3) is 0 Å². The predicted octanol–water partition coefficient (Wildman–Crippen LogP) is 1.54. The van der Waals surface area contributed by atoms with Crippen LogP contribution >= 0.6 is 0 Å². The van der Waals surface area contributed by atoms with E-state index in [1.807, 2.05) is 12.1 Å². The van der Waals surface area contributed by atoms with E-state index in [1.54, 1.807) is 12.1 Å². The predicted molar refractivity (Wildman–Crippen MR) is 70.2 cm³/mol. The molecule has 4 heteroatoms. The number of hydrogen-bond acceptors (Lipinski definition) is 3. The van der Waals surface area contributed by atoms with Gasteiger partial charge in [0.15, 0.2) is 0 Å². The number of aromatic hydroxyl groups is 1. The molecule has 0 spiro atoms. The lowest BCUT2D eigenvalue weighted by molar-refractivity contribution is -0.120. The SMILES string of the molecule is O=C(CNCc1ccccc1O)NC1CCCC1. The van der Waals surface area contributed by atoms with Gasteiger partial charge in [0, 0.05) is 18.2 Å². The Balaban J connectivity index is 1.68. The normalized spacial score (nSPS) is 15.8. The number of benzene rings is 1. The summed E-state index contributed by atoms with van der Waals surface area (Å²) in [6, 6.07) is 7.51. The molecule has 1 aliphatic rings. The van der Waals surface area contributed by atoms with Crippen molar-refractivity contribution in [2.75, 3.05) is 6.54 Å². The largest absolute Gasteiger partial charge is 0.508 e. The minimum Gasteiger partial charge on any atom is -0.508 e. The number of carbonyl (C=O) groups is 1. The zero-order chi connectivity index (χ0) is 12.8. The summed E-state index contributed by atoms with van der Waals surface area (Å²) in [6.45, 7) is 0.801. The van der Waals surface area contributed by atoms with Crippen LogP contribution in [0.4, 0.5) is 0 Å². The number of amides is 1. The number of rotatable bonds is 5. The van der Waals surface area contributed by atoms with Gasteiger partial charge in [0.1, 0.15) is 5.75 Å². The standard InChI is InChI=1S/C14H20N2O2/c17-13-8-4-1-5-11(13)9-15-10-14(18)16-12-6-2-3-7-12/h1,4-5,8,12,15,17H,2-3,6-7,9-10H2,(H,16,18). The van der Waals surface area contributed by atoms with Crippen LogP contribution in [0, 0.1) is 0 Å². The molecule has 0 aromatic heterocycles. The molecule has 0 unspecified atom stereocenters. The fraction of sp³-hybridized carbons (Fsp3) is 0.500. The number of nitrogens with one attached hydrogen (secondary N) is 2. The summed E-state index contributed by atoms with van der Waals surface area (Å²) in [4.78, 5) is 11.6. The molecule has 0 atom stereocenters. The third-order valence-electron chi connectivity index (χ3n) is 3.31. The molecular weight excluding hydrogens is 228 g/mol. The molecular formula is C14H20N2O2. The summed E-state index contributed by atoms with van der Waals surface area (Å²) in [7, 11) is 0. The Morgan fingerprint density at radius 2 is 2.00 bits per heavy atom. The van der Waals surface area contributed by atoms with Crippen LogP contribution in [-0.4, -0.2) is 23.6 Å². The van der Waals surface area contributed by atoms with Gasteiger partial charge in [-0.25, -0.2) is 0 Å². The summed E-state index contributed by atoms with van der Waals surface area (Å²) in [6.07, 6.45) is 4.64. The minimum atomic E-state index is 0.0392. The van der Waals surface area contributed by atoms with Gasteiger partial charge in [-0.1, -0.05) is 31.0 Å². The van der Waals surface area contributed by atoms with Crippen LogP contribution in [0.2, 0.25) is 0 Å². The zero-order valence-corrected chi connectivity index (χ0v) is 10.5. The summed E-state index contributed by atoms with van der Waals surface area (Å²) < 4.78 is 0. The van der Waals surface area contributed by atoms with Crippen LogP contribution in [-0.2, 0) is 11.3 Å². The van der Waals surface area contributed by atoms with E-state index in [1.165, 1.54) is 12.8 Å². The number of phenols is 1. The van der Waals surface area contributed by atoms with Gasteiger partial charge in [-0.3, -0.25) is 4.79 Å². The van der Waals surface area contributed by atoms with E-state index >= 15 is 0 Å². The van der Waals surface area contributed by atoms with Crippen molar-refractivity contribution in [3.8, 4) is 5.75 Å². The first-order valence-electron chi connectivity index (χ1n) is 6.52. The third kappa shape index (κ3) is 3.74. The van der Waals surface area contributed by atoms with Gasteiger partial charge in [0.2, 0.25) is 5.91 Å². The maximum Gasteiger partial charge on any atom is 0.234 e. The maximum atomic E-state index is 11.6. The monoisotopic (exact) mass is 248 g/mol. The van der Waals surface area contributed by atoms with Gasteiger partial charge >= 0.3 is 0 Å². The Hall–Kier alpha value is -1.55. The molecule has 0 bridgehead atoms. The van der Waals surface area contributed by atoms with Crippen molar-refractivity contribution in [1.82, 2.24) is 10.6 Å². The molecule has 18 heavy (non-hydrogen) atoms. The molecule has 0 aliphatic heterocycles. The summed E-state index contributed by atoms with van der Waals surface area (Å²) in [5.74, 6) is 0.304. The van der Waals surface area contributed by atoms with Crippen LogP contribution in [0.1, 0.15) is 31.2 Å². The quantitative estimate of drug-likeness (QED) is 0.740. The van der Waals surface area contributed by atoms with Gasteiger partial charge in [-0.15, -0.1) is 0 Å². The average molecular weight is 248 g/mol.